The van der Waals surface area contributed by atoms with E-state index in [2.05, 4.69) is 196 Å². The zero-order chi connectivity index (χ0) is 36.7. The lowest BCUT2D eigenvalue weighted by molar-refractivity contribution is 0.666. The van der Waals surface area contributed by atoms with Crippen LogP contribution in [0.25, 0.3) is 99.2 Å². The average Bonchev–Trinajstić information content (AvgIpc) is 3.48. The summed E-state index contributed by atoms with van der Waals surface area (Å²) < 4.78 is 0. The van der Waals surface area contributed by atoms with Crippen molar-refractivity contribution in [1.82, 2.24) is 9.97 Å². The van der Waals surface area contributed by atoms with Crippen LogP contribution in [-0.4, -0.2) is 9.97 Å². The highest BCUT2D eigenvalue weighted by atomic mass is 14.9. The minimum atomic E-state index is -0.0897. The molecule has 0 atom stereocenters. The molecule has 0 saturated carbocycles. The van der Waals surface area contributed by atoms with Crippen molar-refractivity contribution in [3.05, 3.63) is 193 Å². The van der Waals surface area contributed by atoms with Gasteiger partial charge in [0.2, 0.25) is 0 Å². The van der Waals surface area contributed by atoms with Gasteiger partial charge in [-0.15, -0.1) is 0 Å². The first-order valence-electron chi connectivity index (χ1n) is 19.1. The van der Waals surface area contributed by atoms with Crippen molar-refractivity contribution in [2.24, 2.45) is 0 Å². The van der Waals surface area contributed by atoms with Gasteiger partial charge in [0.1, 0.15) is 0 Å². The van der Waals surface area contributed by atoms with E-state index in [-0.39, 0.29) is 5.41 Å². The van der Waals surface area contributed by atoms with Crippen LogP contribution in [0.1, 0.15) is 25.0 Å². The largest absolute Gasteiger partial charge is 0.228 e. The van der Waals surface area contributed by atoms with Crippen molar-refractivity contribution in [3.8, 4) is 56.2 Å². The molecule has 0 spiro atoms. The fourth-order valence-electron chi connectivity index (χ4n) is 9.18. The minimum absolute atomic E-state index is 0.0897. The fourth-order valence-corrected chi connectivity index (χ4v) is 9.18. The molecule has 0 N–H and O–H groups in total. The quantitative estimate of drug-likeness (QED) is 0.183. The summed E-state index contributed by atoms with van der Waals surface area (Å²) in [5, 5.41) is 9.71. The van der Waals surface area contributed by atoms with Crippen molar-refractivity contribution >= 4 is 43.1 Å². The highest BCUT2D eigenvalue weighted by molar-refractivity contribution is 6.06. The third kappa shape index (κ3) is 4.95. The summed E-state index contributed by atoms with van der Waals surface area (Å²) in [6.45, 7) is 4.74. The van der Waals surface area contributed by atoms with Crippen molar-refractivity contribution in [3.63, 3.8) is 0 Å². The fraction of sp³-hybridized carbons (Fsp3) is 0.0566. The number of rotatable bonds is 4. The number of aromatic nitrogens is 2. The van der Waals surface area contributed by atoms with Gasteiger partial charge in [-0.2, -0.15) is 0 Å². The monoisotopic (exact) mass is 700 g/mol. The Labute approximate surface area is 320 Å². The summed E-state index contributed by atoms with van der Waals surface area (Å²) in [6, 6.07) is 66.0. The first-order chi connectivity index (χ1) is 27.0. The summed E-state index contributed by atoms with van der Waals surface area (Å²) in [7, 11) is 0. The van der Waals surface area contributed by atoms with E-state index in [4.69, 9.17) is 9.97 Å². The second-order valence-corrected chi connectivity index (χ2v) is 15.4. The molecule has 258 valence electrons. The first-order valence-corrected chi connectivity index (χ1v) is 19.1. The number of fused-ring (bicyclic) bond motifs is 8. The standard InChI is InChI=1S/C53H36N2/c1-53(2)48-29-25-37(31-47(48)45-26-24-35-14-6-8-18-41(35)51(45)53)40-27-28-44(43-20-10-9-19-42(40)43)50-32-49(38-23-22-33-12-3-4-15-36(33)30-38)54-52(55-50)46-21-11-16-34-13-5-7-17-39(34)46/h3-32H,1-2H3. The molecule has 9 aromatic carbocycles. The molecule has 1 aliphatic carbocycles. The van der Waals surface area contributed by atoms with Gasteiger partial charge in [-0.3, -0.25) is 0 Å². The molecule has 55 heavy (non-hydrogen) atoms. The first kappa shape index (κ1) is 31.6. The Morgan fingerprint density at radius 2 is 0.927 bits per heavy atom. The van der Waals surface area contributed by atoms with Crippen LogP contribution in [0.5, 0.6) is 0 Å². The third-order valence-electron chi connectivity index (χ3n) is 11.9. The molecule has 0 aliphatic heterocycles. The Kier molecular flexibility index (Phi) is 6.93. The van der Waals surface area contributed by atoms with E-state index in [1.165, 1.54) is 71.1 Å². The van der Waals surface area contributed by atoms with Crippen LogP contribution in [0.15, 0.2) is 182 Å². The Hall–Kier alpha value is -6.90. The van der Waals surface area contributed by atoms with E-state index in [0.29, 0.717) is 0 Å². The van der Waals surface area contributed by atoms with Gasteiger partial charge < -0.3 is 0 Å². The van der Waals surface area contributed by atoms with Crippen molar-refractivity contribution in [2.75, 3.05) is 0 Å². The summed E-state index contributed by atoms with van der Waals surface area (Å²) in [5.41, 5.74) is 12.8. The molecule has 11 rings (SSSR count). The van der Waals surface area contributed by atoms with Gasteiger partial charge in [-0.25, -0.2) is 9.97 Å². The van der Waals surface area contributed by atoms with Crippen LogP contribution < -0.4 is 0 Å². The van der Waals surface area contributed by atoms with Crippen molar-refractivity contribution in [1.29, 1.82) is 0 Å². The maximum absolute atomic E-state index is 5.37. The summed E-state index contributed by atoms with van der Waals surface area (Å²) in [5.74, 6) is 0.720. The summed E-state index contributed by atoms with van der Waals surface area (Å²) >= 11 is 0. The molecule has 1 aromatic heterocycles. The molecule has 0 bridgehead atoms. The van der Waals surface area contributed by atoms with E-state index in [0.717, 1.165) is 39.3 Å². The van der Waals surface area contributed by atoms with Gasteiger partial charge in [0.15, 0.2) is 5.82 Å². The topological polar surface area (TPSA) is 25.8 Å². The summed E-state index contributed by atoms with van der Waals surface area (Å²) in [4.78, 5) is 10.6. The normalized spacial score (nSPS) is 13.1. The molecular formula is C53H36N2. The van der Waals surface area contributed by atoms with Crippen LogP contribution >= 0.6 is 0 Å². The highest BCUT2D eigenvalue weighted by Crippen LogP contribution is 2.52. The van der Waals surface area contributed by atoms with E-state index in [1.807, 2.05) is 0 Å². The van der Waals surface area contributed by atoms with Crippen LogP contribution in [-0.2, 0) is 5.41 Å². The summed E-state index contributed by atoms with van der Waals surface area (Å²) in [6.07, 6.45) is 0. The maximum atomic E-state index is 5.37. The Balaban J connectivity index is 1.10. The molecule has 1 heterocycles. The molecule has 1 aliphatic rings. The van der Waals surface area contributed by atoms with Gasteiger partial charge in [0.25, 0.3) is 0 Å². The third-order valence-corrected chi connectivity index (χ3v) is 11.9. The van der Waals surface area contributed by atoms with E-state index in [1.54, 1.807) is 0 Å². The smallest absolute Gasteiger partial charge is 0.161 e. The van der Waals surface area contributed by atoms with Crippen LogP contribution in [0, 0.1) is 0 Å². The van der Waals surface area contributed by atoms with Crippen molar-refractivity contribution < 1.29 is 0 Å². The maximum Gasteiger partial charge on any atom is 0.161 e. The lowest BCUT2D eigenvalue weighted by atomic mass is 9.80. The number of benzene rings is 9. The van der Waals surface area contributed by atoms with E-state index in [9.17, 15) is 0 Å². The molecule has 0 amide bonds. The Morgan fingerprint density at radius 3 is 1.75 bits per heavy atom. The zero-order valence-electron chi connectivity index (χ0n) is 30.7. The van der Waals surface area contributed by atoms with Gasteiger partial charge in [0.05, 0.1) is 11.4 Å². The number of nitrogens with zero attached hydrogens (tertiary/aromatic N) is 2. The van der Waals surface area contributed by atoms with Crippen molar-refractivity contribution in [2.45, 2.75) is 19.3 Å². The van der Waals surface area contributed by atoms with E-state index >= 15 is 0 Å². The second-order valence-electron chi connectivity index (χ2n) is 15.4. The molecule has 2 nitrogen and oxygen atoms in total. The van der Waals surface area contributed by atoms with Crippen LogP contribution in [0.2, 0.25) is 0 Å². The second kappa shape index (κ2) is 12.1. The number of hydrogen-bond donors (Lipinski definition) is 0. The molecule has 0 saturated heterocycles. The van der Waals surface area contributed by atoms with Gasteiger partial charge in [0, 0.05) is 22.1 Å². The number of hydrogen-bond acceptors (Lipinski definition) is 2. The van der Waals surface area contributed by atoms with Gasteiger partial charge in [-0.05, 0) is 94.7 Å². The molecule has 0 fully saturated rings. The van der Waals surface area contributed by atoms with Gasteiger partial charge in [-0.1, -0.05) is 178 Å². The Bertz CT molecular complexity index is 3180. The minimum Gasteiger partial charge on any atom is -0.228 e. The zero-order valence-corrected chi connectivity index (χ0v) is 30.7. The Morgan fingerprint density at radius 1 is 0.345 bits per heavy atom. The lowest BCUT2D eigenvalue weighted by Crippen LogP contribution is -2.15. The average molecular weight is 701 g/mol. The molecule has 2 heteroatoms. The SMILES string of the molecule is CC1(C)c2ccc(-c3ccc(-c4cc(-c5ccc6ccccc6c5)nc(-c5cccc6ccccc56)n4)c4ccccc34)cc2-c2ccc3ccccc3c21. The van der Waals surface area contributed by atoms with E-state index < -0.39 is 0 Å². The lowest BCUT2D eigenvalue weighted by Gasteiger charge is -2.23. The van der Waals surface area contributed by atoms with Crippen LogP contribution in [0.3, 0.4) is 0 Å². The molecule has 10 aromatic rings. The predicted octanol–water partition coefficient (Wildman–Crippen LogP) is 14.1. The predicted molar refractivity (Wildman–Crippen MR) is 231 cm³/mol. The molecule has 0 unspecified atom stereocenters. The van der Waals surface area contributed by atoms with Gasteiger partial charge >= 0.3 is 0 Å². The molecular weight excluding hydrogens is 665 g/mol. The molecule has 0 radical (unpaired) electrons. The van der Waals surface area contributed by atoms with Crippen LogP contribution in [0.4, 0.5) is 0 Å². The highest BCUT2D eigenvalue weighted by Gasteiger charge is 2.37.